The predicted molar refractivity (Wildman–Crippen MR) is 155 cm³/mol. The van der Waals surface area contributed by atoms with Gasteiger partial charge >= 0.3 is 107 Å². The van der Waals surface area contributed by atoms with E-state index in [-0.39, 0.29) is 30.4 Å². The van der Waals surface area contributed by atoms with Gasteiger partial charge in [-0.25, -0.2) is 4.98 Å². The minimum Gasteiger partial charge on any atom is -0.484 e. The van der Waals surface area contributed by atoms with Crippen LogP contribution in [0.3, 0.4) is 0 Å². The summed E-state index contributed by atoms with van der Waals surface area (Å²) in [5, 5.41) is 0. The summed E-state index contributed by atoms with van der Waals surface area (Å²) < 4.78 is 82.4. The molecule has 0 unspecified atom stereocenters. The summed E-state index contributed by atoms with van der Waals surface area (Å²) >= 11 is 1.74. The Morgan fingerprint density at radius 2 is 1.24 bits per heavy atom. The van der Waals surface area contributed by atoms with E-state index in [1.165, 1.54) is 77.6 Å². The van der Waals surface area contributed by atoms with Gasteiger partial charge in [0.15, 0.2) is 13.2 Å². The number of ether oxygens (including phenoxy) is 2. The van der Waals surface area contributed by atoms with Crippen LogP contribution >= 0.6 is 24.9 Å². The van der Waals surface area contributed by atoms with Gasteiger partial charge in [0.25, 0.3) is 0 Å². The van der Waals surface area contributed by atoms with Crippen molar-refractivity contribution < 1.29 is 54.7 Å². The van der Waals surface area contributed by atoms with E-state index >= 15 is 0 Å². The Hall–Kier alpha value is -0.354. The maximum absolute atomic E-state index is 11.7. The van der Waals surface area contributed by atoms with Crippen LogP contribution in [-0.2, 0) is 0 Å². The molecule has 0 saturated heterocycles. The number of aromatic nitrogens is 2. The average Bonchev–Trinajstić information content (AvgIpc) is 2.88. The number of nitrogens with zero attached hydrogens (tertiary/aromatic N) is 2. The van der Waals surface area contributed by atoms with E-state index in [4.69, 9.17) is 8.92 Å². The molecule has 231 valence electrons. The number of rotatable bonds is 11. The van der Waals surface area contributed by atoms with Crippen LogP contribution in [0.15, 0.2) is 41.3 Å². The predicted octanol–water partition coefficient (Wildman–Crippen LogP) is 7.56. The number of aryl methyl sites for hydroxylation is 1. The summed E-state index contributed by atoms with van der Waals surface area (Å²) in [5.41, 5.74) is 0.625. The molecule has 0 fully saturated rings. The summed E-state index contributed by atoms with van der Waals surface area (Å²) in [6.07, 6.45) is 1.83. The maximum atomic E-state index is 11.7. The second-order valence-corrected chi connectivity index (χ2v) is 18.5. The van der Waals surface area contributed by atoms with E-state index in [1.54, 1.807) is 6.92 Å². The third-order valence-electron chi connectivity index (χ3n) is 4.33. The normalized spacial score (nSPS) is 10.6. The van der Waals surface area contributed by atoms with Gasteiger partial charge in [-0.05, 0) is 35.0 Å². The van der Waals surface area contributed by atoms with Crippen LogP contribution in [0.4, 0.5) is 26.3 Å². The Kier molecular flexibility index (Phi) is 29.9. The first kappa shape index (κ1) is 45.1. The molecule has 0 N–H and O–H groups in total. The Morgan fingerprint density at radius 3 is 1.59 bits per heavy atom. The summed E-state index contributed by atoms with van der Waals surface area (Å²) in [4.78, 5) is 7.56. The molecule has 1 radical (unpaired) electrons. The van der Waals surface area contributed by atoms with Crippen LogP contribution in [0, 0.1) is 13.8 Å². The van der Waals surface area contributed by atoms with Crippen molar-refractivity contribution in [2.45, 2.75) is 87.4 Å². The van der Waals surface area contributed by atoms with Crippen molar-refractivity contribution in [1.29, 1.82) is 0 Å². The van der Waals surface area contributed by atoms with E-state index in [0.717, 1.165) is 6.42 Å². The zero-order valence-electron chi connectivity index (χ0n) is 24.5. The Morgan fingerprint density at radius 1 is 0.829 bits per heavy atom. The van der Waals surface area contributed by atoms with E-state index < -0.39 is 44.2 Å². The molecule has 0 spiro atoms. The van der Waals surface area contributed by atoms with Gasteiger partial charge in [-0.2, -0.15) is 32.8 Å². The fourth-order valence-corrected chi connectivity index (χ4v) is 9.33. The number of halogens is 8. The first-order valence-electron chi connectivity index (χ1n) is 12.9. The zero-order valence-corrected chi connectivity index (χ0v) is 29.7. The molecule has 0 aromatic carbocycles. The van der Waals surface area contributed by atoms with Crippen molar-refractivity contribution >= 4 is 43.5 Å². The molecule has 2 rings (SSSR count). The molecule has 0 aliphatic rings. The number of pyridine rings is 2. The summed E-state index contributed by atoms with van der Waals surface area (Å²) in [5.74, 6) is 0.323. The molecule has 0 aliphatic heterocycles. The van der Waals surface area contributed by atoms with Gasteiger partial charge in [0, 0.05) is 30.2 Å². The number of unbranched alkanes of at least 4 members (excludes halogenated alkanes) is 3. The van der Waals surface area contributed by atoms with Gasteiger partial charge in [0.2, 0.25) is 0 Å². The number of hydrogen-bond acceptors (Lipinski definition) is 4. The topological polar surface area (TPSA) is 44.2 Å². The molecule has 0 bridgehead atoms. The van der Waals surface area contributed by atoms with Crippen molar-refractivity contribution in [3.8, 4) is 11.5 Å². The Balaban J connectivity index is -0.000000494. The quantitative estimate of drug-likeness (QED) is 0.102. The first-order valence-corrected chi connectivity index (χ1v) is 21.3. The maximum Gasteiger partial charge on any atom is 1.00 e. The second-order valence-electron chi connectivity index (χ2n) is 8.33. The first-order chi connectivity index (χ1) is 18.7. The molecule has 2 heterocycles. The Bertz CT molecular complexity index is 817. The summed E-state index contributed by atoms with van der Waals surface area (Å²) in [7, 11) is 6.24. The minimum atomic E-state index is -4.31. The summed E-state index contributed by atoms with van der Waals surface area (Å²) in [6.45, 7) is 9.33. The smallest absolute Gasteiger partial charge is 0.484 e. The number of alkyl halides is 6. The van der Waals surface area contributed by atoms with Crippen molar-refractivity contribution in [2.75, 3.05) is 13.2 Å². The largest absolute Gasteiger partial charge is 1.00 e. The minimum absolute atomic E-state index is 0. The Labute approximate surface area is 272 Å². The molecule has 4 nitrogen and oxygen atoms in total. The van der Waals surface area contributed by atoms with Crippen LogP contribution in [-0.4, -0.2) is 54.2 Å². The molecule has 0 saturated carbocycles. The third kappa shape index (κ3) is 34.0. The second kappa shape index (κ2) is 27.2. The molecule has 2 aromatic rings. The molecular formula is C27H40BrClF6LiN2O2Sn. The fraction of sp³-hybridized carbons (Fsp3) is 0.593. The van der Waals surface area contributed by atoms with Gasteiger partial charge in [0.1, 0.15) is 16.1 Å². The average molecular weight is 780 g/mol. The molecule has 0 amide bonds. The molecule has 41 heavy (non-hydrogen) atoms. The third-order valence-corrected chi connectivity index (χ3v) is 12.4. The molecule has 0 aliphatic carbocycles. The van der Waals surface area contributed by atoms with Crippen molar-refractivity contribution in [3.05, 3.63) is 53.9 Å². The van der Waals surface area contributed by atoms with Crippen molar-refractivity contribution in [2.24, 2.45) is 0 Å². The van der Waals surface area contributed by atoms with Crippen LogP contribution in [0.25, 0.3) is 0 Å². The zero-order chi connectivity index (χ0) is 31.0. The van der Waals surface area contributed by atoms with E-state index in [1.807, 2.05) is 0 Å². The van der Waals surface area contributed by atoms with Gasteiger partial charge < -0.3 is 16.4 Å². The van der Waals surface area contributed by atoms with Crippen molar-refractivity contribution in [1.82, 2.24) is 9.97 Å². The van der Waals surface area contributed by atoms with Crippen LogP contribution in [0.5, 0.6) is 11.5 Å². The fourth-order valence-electron chi connectivity index (χ4n) is 2.28. The van der Waals surface area contributed by atoms with E-state index in [9.17, 15) is 26.3 Å². The van der Waals surface area contributed by atoms with Crippen LogP contribution in [0.2, 0.25) is 8.87 Å². The molecule has 0 atom stereocenters. The molecular weight excluding hydrogens is 739 g/mol. The van der Waals surface area contributed by atoms with E-state index in [0.29, 0.717) is 10.3 Å². The van der Waals surface area contributed by atoms with Crippen molar-refractivity contribution in [3.63, 3.8) is 0 Å². The monoisotopic (exact) mass is 779 g/mol. The van der Waals surface area contributed by atoms with Gasteiger partial charge in [-0.15, -0.1) is 0 Å². The van der Waals surface area contributed by atoms with Gasteiger partial charge in [0.05, 0.1) is 0 Å². The van der Waals surface area contributed by atoms with E-state index in [2.05, 4.69) is 63.1 Å². The number of hydrogen-bond donors (Lipinski definition) is 0. The molecule has 2 aromatic heterocycles. The SMILES string of the molecule is CCC[CH2][Sn]([Cl])[CH2]CCC.Cc1cc(OCC(F)(F)F)ccn1.FC(F)(F)COc1ccnc(Br)c1.[CH2-]CCC.[Li+]. The van der Waals surface area contributed by atoms with Crippen LogP contribution in [0.1, 0.15) is 65.0 Å². The van der Waals surface area contributed by atoms with Gasteiger partial charge in [-0.3, -0.25) is 4.98 Å². The summed E-state index contributed by atoms with van der Waals surface area (Å²) in [6, 6.07) is 5.56. The van der Waals surface area contributed by atoms with Gasteiger partial charge in [-0.1, -0.05) is 13.3 Å². The molecule has 14 heteroatoms. The van der Waals surface area contributed by atoms with Crippen LogP contribution < -0.4 is 28.3 Å². The standard InChI is InChI=1S/C8H8F3NO.C7H5BrF3NO.3C4H9.ClH.Li.Sn/c1-6-4-7(2-3-12-6)13-5-8(9,10)11;8-6-3-5(1-2-12-6)13-4-7(9,10)11;3*1-3-4-2;;;/h2-4H,5H2,1H3;1-3H,4H2;3*1,3-4H2,2H3;1H;;/q;;;;-1;;2*+1/p-1.